The third-order valence-corrected chi connectivity index (χ3v) is 4.78. The normalized spacial score (nSPS) is 27.6. The number of nitrogens with zero attached hydrogens (tertiary/aromatic N) is 1. The van der Waals surface area contributed by atoms with Gasteiger partial charge in [-0.15, -0.1) is 11.6 Å². The first-order valence-corrected chi connectivity index (χ1v) is 7.76. The highest BCUT2D eigenvalue weighted by atomic mass is 35.5. The fraction of sp³-hybridized carbons (Fsp3) is 0.625. The summed E-state index contributed by atoms with van der Waals surface area (Å²) < 4.78 is 0. The summed E-state index contributed by atoms with van der Waals surface area (Å²) in [4.78, 5) is 2.67. The van der Waals surface area contributed by atoms with Crippen molar-refractivity contribution in [2.45, 2.75) is 31.6 Å². The Hall–Kier alpha value is -0.530. The molecule has 2 atom stereocenters. The van der Waals surface area contributed by atoms with Gasteiger partial charge in [-0.3, -0.25) is 0 Å². The van der Waals surface area contributed by atoms with Crippen molar-refractivity contribution in [1.82, 2.24) is 4.90 Å². The van der Waals surface area contributed by atoms with Gasteiger partial charge in [0, 0.05) is 24.9 Å². The van der Waals surface area contributed by atoms with Crippen molar-refractivity contribution in [1.29, 1.82) is 0 Å². The number of hydrogen-bond donors (Lipinski definition) is 0. The lowest BCUT2D eigenvalue weighted by molar-refractivity contribution is 0.159. The lowest BCUT2D eigenvalue weighted by Gasteiger charge is -2.38. The number of piperidine rings is 1. The Balaban J connectivity index is 1.55. The van der Waals surface area contributed by atoms with Crippen molar-refractivity contribution in [3.05, 3.63) is 35.4 Å². The monoisotopic (exact) mass is 263 g/mol. The van der Waals surface area contributed by atoms with E-state index in [9.17, 15) is 0 Å². The molecule has 0 bridgehead atoms. The molecule has 1 fully saturated rings. The predicted octanol–water partition coefficient (Wildman–Crippen LogP) is 3.67. The Morgan fingerprint density at radius 1 is 1.28 bits per heavy atom. The average Bonchev–Trinajstić information content (AvgIpc) is 2.37. The number of benzene rings is 1. The maximum Gasteiger partial charge on any atom is 0.0226 e. The smallest absolute Gasteiger partial charge is 0.0226 e. The Morgan fingerprint density at radius 3 is 3.00 bits per heavy atom. The first-order valence-electron chi connectivity index (χ1n) is 7.23. The maximum atomic E-state index is 5.88. The van der Waals surface area contributed by atoms with Crippen LogP contribution >= 0.6 is 11.6 Å². The second kappa shape index (κ2) is 5.63. The van der Waals surface area contributed by atoms with Gasteiger partial charge in [0.2, 0.25) is 0 Å². The maximum absolute atomic E-state index is 5.88. The number of hydrogen-bond acceptors (Lipinski definition) is 1. The zero-order chi connectivity index (χ0) is 12.4. The number of halogens is 1. The molecule has 2 aliphatic rings. The van der Waals surface area contributed by atoms with E-state index in [2.05, 4.69) is 29.2 Å². The Kier molecular flexibility index (Phi) is 3.91. The summed E-state index contributed by atoms with van der Waals surface area (Å²) in [6.07, 6.45) is 5.21. The van der Waals surface area contributed by atoms with Gasteiger partial charge in [-0.25, -0.2) is 0 Å². The lowest BCUT2D eigenvalue weighted by Crippen LogP contribution is -2.40. The zero-order valence-corrected chi connectivity index (χ0v) is 11.7. The zero-order valence-electron chi connectivity index (χ0n) is 10.9. The molecule has 0 amide bonds. The van der Waals surface area contributed by atoms with Gasteiger partial charge < -0.3 is 4.90 Å². The lowest BCUT2D eigenvalue weighted by atomic mass is 9.77. The van der Waals surface area contributed by atoms with Crippen LogP contribution in [-0.4, -0.2) is 30.4 Å². The summed E-state index contributed by atoms with van der Waals surface area (Å²) in [5, 5.41) is 0. The molecule has 98 valence electrons. The third kappa shape index (κ3) is 2.57. The van der Waals surface area contributed by atoms with Crippen molar-refractivity contribution in [2.24, 2.45) is 5.92 Å². The highest BCUT2D eigenvalue weighted by molar-refractivity contribution is 6.17. The predicted molar refractivity (Wildman–Crippen MR) is 77.4 cm³/mol. The Labute approximate surface area is 115 Å². The van der Waals surface area contributed by atoms with Crippen LogP contribution in [0.4, 0.5) is 0 Å². The topological polar surface area (TPSA) is 3.24 Å². The molecule has 1 nitrogen and oxygen atoms in total. The number of alkyl halides is 1. The van der Waals surface area contributed by atoms with Gasteiger partial charge >= 0.3 is 0 Å². The van der Waals surface area contributed by atoms with E-state index in [1.807, 2.05) is 0 Å². The molecular weight excluding hydrogens is 242 g/mol. The van der Waals surface area contributed by atoms with Crippen LogP contribution in [0.25, 0.3) is 0 Å². The fourth-order valence-corrected chi connectivity index (χ4v) is 3.85. The highest BCUT2D eigenvalue weighted by Crippen LogP contribution is 2.36. The van der Waals surface area contributed by atoms with E-state index in [0.29, 0.717) is 0 Å². The molecule has 0 N–H and O–H groups in total. The standard InChI is InChI=1S/C16H22ClN/c17-8-7-13-4-3-9-18(11-13)12-15-10-14-5-1-2-6-16(14)15/h1-2,5-6,13,15H,3-4,7-12H2. The summed E-state index contributed by atoms with van der Waals surface area (Å²) >= 11 is 5.88. The second-order valence-corrected chi connectivity index (χ2v) is 6.22. The molecule has 1 aromatic carbocycles. The quantitative estimate of drug-likeness (QED) is 0.750. The fourth-order valence-electron chi connectivity index (χ4n) is 3.54. The van der Waals surface area contributed by atoms with Crippen LogP contribution in [0.5, 0.6) is 0 Å². The van der Waals surface area contributed by atoms with Crippen LogP contribution in [0, 0.1) is 5.92 Å². The molecule has 18 heavy (non-hydrogen) atoms. The molecule has 0 radical (unpaired) electrons. The van der Waals surface area contributed by atoms with Gasteiger partial charge in [-0.05, 0) is 49.3 Å². The van der Waals surface area contributed by atoms with E-state index in [1.54, 1.807) is 11.1 Å². The van der Waals surface area contributed by atoms with Crippen molar-refractivity contribution in [3.8, 4) is 0 Å². The minimum Gasteiger partial charge on any atom is -0.302 e. The summed E-state index contributed by atoms with van der Waals surface area (Å²) in [6.45, 7) is 3.82. The van der Waals surface area contributed by atoms with Crippen LogP contribution in [0.1, 0.15) is 36.3 Å². The highest BCUT2D eigenvalue weighted by Gasteiger charge is 2.29. The van der Waals surface area contributed by atoms with Crippen LogP contribution in [-0.2, 0) is 6.42 Å². The van der Waals surface area contributed by atoms with Crippen molar-refractivity contribution < 1.29 is 0 Å². The molecule has 1 aliphatic carbocycles. The summed E-state index contributed by atoms with van der Waals surface area (Å²) in [7, 11) is 0. The molecule has 1 aliphatic heterocycles. The molecular formula is C16H22ClN. The van der Waals surface area contributed by atoms with E-state index in [1.165, 1.54) is 45.3 Å². The Morgan fingerprint density at radius 2 is 2.17 bits per heavy atom. The minimum absolute atomic E-state index is 0.788. The minimum atomic E-state index is 0.788. The number of likely N-dealkylation sites (tertiary alicyclic amines) is 1. The molecule has 2 unspecified atom stereocenters. The van der Waals surface area contributed by atoms with E-state index in [-0.39, 0.29) is 0 Å². The molecule has 1 aromatic rings. The number of rotatable bonds is 4. The molecule has 1 saturated heterocycles. The van der Waals surface area contributed by atoms with Gasteiger partial charge in [0.25, 0.3) is 0 Å². The van der Waals surface area contributed by atoms with Gasteiger partial charge in [0.1, 0.15) is 0 Å². The largest absolute Gasteiger partial charge is 0.302 e. The van der Waals surface area contributed by atoms with Gasteiger partial charge in [0.15, 0.2) is 0 Å². The molecule has 3 rings (SSSR count). The van der Waals surface area contributed by atoms with Crippen LogP contribution < -0.4 is 0 Å². The van der Waals surface area contributed by atoms with Crippen molar-refractivity contribution in [3.63, 3.8) is 0 Å². The van der Waals surface area contributed by atoms with E-state index in [0.717, 1.165) is 17.7 Å². The van der Waals surface area contributed by atoms with Crippen LogP contribution in [0.3, 0.4) is 0 Å². The average molecular weight is 264 g/mol. The molecule has 1 heterocycles. The molecule has 0 aromatic heterocycles. The number of fused-ring (bicyclic) bond motifs is 1. The van der Waals surface area contributed by atoms with E-state index in [4.69, 9.17) is 11.6 Å². The SMILES string of the molecule is ClCCC1CCCN(CC2Cc3ccccc32)C1. The van der Waals surface area contributed by atoms with Gasteiger partial charge in [-0.2, -0.15) is 0 Å². The molecule has 0 spiro atoms. The summed E-state index contributed by atoms with van der Waals surface area (Å²) in [5.41, 5.74) is 3.16. The van der Waals surface area contributed by atoms with E-state index >= 15 is 0 Å². The third-order valence-electron chi connectivity index (χ3n) is 4.56. The van der Waals surface area contributed by atoms with Crippen LogP contribution in [0.2, 0.25) is 0 Å². The van der Waals surface area contributed by atoms with Crippen molar-refractivity contribution >= 4 is 11.6 Å². The Bertz CT molecular complexity index is 402. The van der Waals surface area contributed by atoms with E-state index < -0.39 is 0 Å². The van der Waals surface area contributed by atoms with Gasteiger partial charge in [-0.1, -0.05) is 24.3 Å². The summed E-state index contributed by atoms with van der Waals surface area (Å²) in [5.74, 6) is 2.45. The van der Waals surface area contributed by atoms with Gasteiger partial charge in [0.05, 0.1) is 0 Å². The molecule has 0 saturated carbocycles. The van der Waals surface area contributed by atoms with Crippen molar-refractivity contribution in [2.75, 3.05) is 25.5 Å². The van der Waals surface area contributed by atoms with Crippen LogP contribution in [0.15, 0.2) is 24.3 Å². The first-order chi connectivity index (χ1) is 8.86. The second-order valence-electron chi connectivity index (χ2n) is 5.85. The summed E-state index contributed by atoms with van der Waals surface area (Å²) in [6, 6.07) is 8.92. The molecule has 2 heteroatoms. The first kappa shape index (κ1) is 12.5.